The van der Waals surface area contributed by atoms with Crippen molar-refractivity contribution in [1.82, 2.24) is 10.4 Å². The highest BCUT2D eigenvalue weighted by Crippen LogP contribution is 2.40. The van der Waals surface area contributed by atoms with Crippen LogP contribution in [0.1, 0.15) is 54.2 Å². The predicted molar refractivity (Wildman–Crippen MR) is 119 cm³/mol. The number of benzene rings is 2. The number of nitrogens with zero attached hydrogens (tertiary/aromatic N) is 3. The summed E-state index contributed by atoms with van der Waals surface area (Å²) in [5.41, 5.74) is 7.30. The fourth-order valence-electron chi connectivity index (χ4n) is 3.56. The number of hydrazone groups is 1. The van der Waals surface area contributed by atoms with Gasteiger partial charge in [-0.2, -0.15) is 5.10 Å². The lowest BCUT2D eigenvalue weighted by Gasteiger charge is -2.20. The predicted octanol–water partition coefficient (Wildman–Crippen LogP) is 4.72. The van der Waals surface area contributed by atoms with Crippen molar-refractivity contribution in [2.45, 2.75) is 32.6 Å². The average molecular weight is 386 g/mol. The summed E-state index contributed by atoms with van der Waals surface area (Å²) >= 11 is 0. The molecule has 2 aromatic carbocycles. The number of hydrogen-bond acceptors (Lipinski definition) is 4. The minimum Gasteiger partial charge on any atom is -0.372 e. The Morgan fingerprint density at radius 2 is 1.86 bits per heavy atom. The van der Waals surface area contributed by atoms with Crippen molar-refractivity contribution in [3.8, 4) is 0 Å². The maximum absolute atomic E-state index is 12.8. The van der Waals surface area contributed by atoms with Gasteiger partial charge in [0.2, 0.25) is 0 Å². The average Bonchev–Trinajstić information content (AvgIpc) is 3.60. The van der Waals surface area contributed by atoms with Crippen LogP contribution in [0.3, 0.4) is 0 Å². The van der Waals surface area contributed by atoms with Crippen LogP contribution in [-0.2, 0) is 0 Å². The van der Waals surface area contributed by atoms with Crippen molar-refractivity contribution in [1.29, 1.82) is 0 Å². The van der Waals surface area contributed by atoms with Gasteiger partial charge in [-0.15, -0.1) is 0 Å². The van der Waals surface area contributed by atoms with Crippen molar-refractivity contribution in [2.75, 3.05) is 18.0 Å². The molecule has 148 valence electrons. The number of aromatic nitrogens is 1. The van der Waals surface area contributed by atoms with Gasteiger partial charge < -0.3 is 4.90 Å². The van der Waals surface area contributed by atoms with Gasteiger partial charge in [0.25, 0.3) is 5.91 Å². The lowest BCUT2D eigenvalue weighted by molar-refractivity contribution is 0.0956. The number of amides is 1. The minimum atomic E-state index is -0.207. The first-order valence-corrected chi connectivity index (χ1v) is 10.3. The van der Waals surface area contributed by atoms with Gasteiger partial charge in [-0.05, 0) is 56.5 Å². The minimum absolute atomic E-state index is 0.207. The number of pyridine rings is 1. The van der Waals surface area contributed by atoms with Gasteiger partial charge in [-0.1, -0.05) is 30.3 Å². The second-order valence-corrected chi connectivity index (χ2v) is 7.35. The van der Waals surface area contributed by atoms with Gasteiger partial charge in [0.05, 0.1) is 17.3 Å². The van der Waals surface area contributed by atoms with Crippen LogP contribution in [0.4, 0.5) is 5.69 Å². The van der Waals surface area contributed by atoms with Crippen LogP contribution in [0.5, 0.6) is 0 Å². The normalized spacial score (nSPS) is 13.7. The van der Waals surface area contributed by atoms with Crippen LogP contribution >= 0.6 is 0 Å². The van der Waals surface area contributed by atoms with E-state index in [4.69, 9.17) is 4.98 Å². The number of nitrogens with one attached hydrogen (secondary N) is 1. The zero-order valence-corrected chi connectivity index (χ0v) is 16.9. The molecule has 3 aromatic rings. The number of para-hydroxylation sites is 1. The van der Waals surface area contributed by atoms with Gasteiger partial charge >= 0.3 is 0 Å². The molecule has 1 heterocycles. The number of rotatable bonds is 7. The summed E-state index contributed by atoms with van der Waals surface area (Å²) in [5, 5.41) is 5.03. The molecule has 4 rings (SSSR count). The number of carbonyl (C=O) groups is 1. The fraction of sp³-hybridized carbons (Fsp3) is 0.292. The number of fused-ring (bicyclic) bond motifs is 1. The van der Waals surface area contributed by atoms with Crippen molar-refractivity contribution < 1.29 is 4.79 Å². The first-order valence-electron chi connectivity index (χ1n) is 10.3. The van der Waals surface area contributed by atoms with E-state index in [0.717, 1.165) is 48.1 Å². The van der Waals surface area contributed by atoms with E-state index in [1.165, 1.54) is 5.69 Å². The SMILES string of the molecule is CCN(CC)c1ccc(/C=N\NC(=O)c2cc(C3CC3)nc3ccccc23)cc1. The summed E-state index contributed by atoms with van der Waals surface area (Å²) < 4.78 is 0. The Hall–Kier alpha value is -3.21. The molecule has 1 aliphatic carbocycles. The molecule has 1 amide bonds. The summed E-state index contributed by atoms with van der Waals surface area (Å²) in [5.74, 6) is 0.278. The molecule has 0 atom stereocenters. The lowest BCUT2D eigenvalue weighted by Crippen LogP contribution is -2.21. The summed E-state index contributed by atoms with van der Waals surface area (Å²) in [7, 11) is 0. The Morgan fingerprint density at radius 1 is 1.14 bits per heavy atom. The number of carbonyl (C=O) groups excluding carboxylic acids is 1. The molecule has 1 saturated carbocycles. The highest BCUT2D eigenvalue weighted by Gasteiger charge is 2.26. The molecule has 1 aliphatic rings. The molecule has 0 aliphatic heterocycles. The standard InChI is InChI=1S/C24H26N4O/c1-3-28(4-2)19-13-9-17(10-14-19)16-25-27-24(29)21-15-23(18-11-12-18)26-22-8-6-5-7-20(21)22/h5-10,13-16,18H,3-4,11-12H2,1-2H3,(H,27,29)/b25-16-. The third kappa shape index (κ3) is 4.29. The third-order valence-corrected chi connectivity index (χ3v) is 5.38. The lowest BCUT2D eigenvalue weighted by atomic mass is 10.1. The molecule has 5 heteroatoms. The Kier molecular flexibility index (Phi) is 5.56. The highest BCUT2D eigenvalue weighted by atomic mass is 16.2. The third-order valence-electron chi connectivity index (χ3n) is 5.38. The molecule has 1 fully saturated rings. The van der Waals surface area contributed by atoms with E-state index in [1.807, 2.05) is 42.5 Å². The molecule has 0 bridgehead atoms. The Bertz CT molecular complexity index is 1030. The molecule has 5 nitrogen and oxygen atoms in total. The van der Waals surface area contributed by atoms with E-state index in [0.29, 0.717) is 11.5 Å². The topological polar surface area (TPSA) is 57.6 Å². The van der Waals surface area contributed by atoms with Crippen LogP contribution < -0.4 is 10.3 Å². The molecule has 0 saturated heterocycles. The molecular weight excluding hydrogens is 360 g/mol. The van der Waals surface area contributed by atoms with Crippen LogP contribution in [0.15, 0.2) is 59.7 Å². The molecule has 0 unspecified atom stereocenters. The smallest absolute Gasteiger partial charge is 0.272 e. The van der Waals surface area contributed by atoms with Crippen molar-refractivity contribution in [3.63, 3.8) is 0 Å². The molecule has 29 heavy (non-hydrogen) atoms. The van der Waals surface area contributed by atoms with E-state index in [-0.39, 0.29) is 5.91 Å². The first-order chi connectivity index (χ1) is 14.2. The Balaban J connectivity index is 1.50. The largest absolute Gasteiger partial charge is 0.372 e. The molecule has 0 radical (unpaired) electrons. The van der Waals surface area contributed by atoms with Crippen molar-refractivity contribution in [3.05, 3.63) is 71.4 Å². The van der Waals surface area contributed by atoms with Crippen LogP contribution in [0, 0.1) is 0 Å². The van der Waals surface area contributed by atoms with E-state index in [9.17, 15) is 4.79 Å². The van der Waals surface area contributed by atoms with Crippen molar-refractivity contribution >= 4 is 28.7 Å². The van der Waals surface area contributed by atoms with Gasteiger partial charge in [0.15, 0.2) is 0 Å². The summed E-state index contributed by atoms with van der Waals surface area (Å²) in [4.78, 5) is 19.8. The number of hydrogen-bond donors (Lipinski definition) is 1. The van der Waals surface area contributed by atoms with Crippen LogP contribution in [0.25, 0.3) is 10.9 Å². The second-order valence-electron chi connectivity index (χ2n) is 7.35. The molecular formula is C24H26N4O. The fourth-order valence-corrected chi connectivity index (χ4v) is 3.56. The van der Waals surface area contributed by atoms with E-state index < -0.39 is 0 Å². The van der Waals surface area contributed by atoms with Crippen LogP contribution in [-0.4, -0.2) is 30.2 Å². The molecule has 1 aromatic heterocycles. The second kappa shape index (κ2) is 8.43. The van der Waals surface area contributed by atoms with Crippen molar-refractivity contribution in [2.24, 2.45) is 5.10 Å². The quantitative estimate of drug-likeness (QED) is 0.472. The van der Waals surface area contributed by atoms with E-state index in [1.54, 1.807) is 6.21 Å². The highest BCUT2D eigenvalue weighted by molar-refractivity contribution is 6.06. The molecule has 1 N–H and O–H groups in total. The maximum Gasteiger partial charge on any atom is 0.272 e. The van der Waals surface area contributed by atoms with E-state index >= 15 is 0 Å². The van der Waals surface area contributed by atoms with Gasteiger partial charge in [-0.25, -0.2) is 5.43 Å². The Labute approximate surface area is 171 Å². The van der Waals surface area contributed by atoms with Crippen LogP contribution in [0.2, 0.25) is 0 Å². The maximum atomic E-state index is 12.8. The van der Waals surface area contributed by atoms with E-state index in [2.05, 4.69) is 41.4 Å². The van der Waals surface area contributed by atoms with Gasteiger partial charge in [-0.3, -0.25) is 9.78 Å². The summed E-state index contributed by atoms with van der Waals surface area (Å²) in [6, 6.07) is 17.9. The summed E-state index contributed by atoms with van der Waals surface area (Å²) in [6.07, 6.45) is 3.97. The monoisotopic (exact) mass is 386 g/mol. The zero-order valence-electron chi connectivity index (χ0n) is 16.9. The first kappa shape index (κ1) is 19.1. The van der Waals surface area contributed by atoms with Gasteiger partial charge in [0, 0.05) is 35.8 Å². The number of anilines is 1. The Morgan fingerprint density at radius 3 is 2.55 bits per heavy atom. The summed E-state index contributed by atoms with van der Waals surface area (Å²) in [6.45, 7) is 6.24. The van der Waals surface area contributed by atoms with Gasteiger partial charge in [0.1, 0.15) is 0 Å². The molecule has 0 spiro atoms. The zero-order chi connectivity index (χ0) is 20.2.